The van der Waals surface area contributed by atoms with Gasteiger partial charge in [-0.25, -0.2) is 4.98 Å². The van der Waals surface area contributed by atoms with Crippen LogP contribution in [0.25, 0.3) is 10.2 Å². The number of anilines is 3. The van der Waals surface area contributed by atoms with Crippen molar-refractivity contribution >= 4 is 39.0 Å². The first-order valence-corrected chi connectivity index (χ1v) is 7.22. The number of aromatic nitrogens is 2. The molecule has 0 aliphatic heterocycles. The monoisotopic (exact) mass is 284 g/mol. The van der Waals surface area contributed by atoms with Crippen LogP contribution in [0.3, 0.4) is 0 Å². The van der Waals surface area contributed by atoms with E-state index in [0.717, 1.165) is 21.7 Å². The number of thiophene rings is 1. The molecule has 2 aromatic heterocycles. The number of nitrogens with zero attached hydrogens (tertiary/aromatic N) is 2. The fourth-order valence-corrected chi connectivity index (χ4v) is 3.00. The average molecular weight is 284 g/mol. The molecule has 0 fully saturated rings. The lowest BCUT2D eigenvalue weighted by Crippen LogP contribution is -2.00. The van der Waals surface area contributed by atoms with Crippen molar-refractivity contribution in [2.45, 2.75) is 20.8 Å². The maximum Gasteiger partial charge on any atom is 0.223 e. The minimum atomic E-state index is 0.297. The van der Waals surface area contributed by atoms with Gasteiger partial charge in [0.25, 0.3) is 0 Å². The molecule has 0 radical (unpaired) electrons. The number of benzene rings is 1. The maximum atomic E-state index is 5.79. The molecule has 102 valence electrons. The lowest BCUT2D eigenvalue weighted by molar-refractivity contribution is 1.24. The van der Waals surface area contributed by atoms with Crippen molar-refractivity contribution < 1.29 is 0 Å². The van der Waals surface area contributed by atoms with Gasteiger partial charge >= 0.3 is 0 Å². The Morgan fingerprint density at radius 1 is 1.05 bits per heavy atom. The molecule has 3 rings (SSSR count). The number of fused-ring (bicyclic) bond motifs is 1. The summed E-state index contributed by atoms with van der Waals surface area (Å²) in [7, 11) is 0. The third-order valence-corrected chi connectivity index (χ3v) is 4.25. The molecule has 3 N–H and O–H groups in total. The Morgan fingerprint density at radius 2 is 1.85 bits per heavy atom. The van der Waals surface area contributed by atoms with E-state index >= 15 is 0 Å². The normalized spacial score (nSPS) is 10.9. The molecule has 0 bridgehead atoms. The van der Waals surface area contributed by atoms with E-state index in [1.807, 2.05) is 6.07 Å². The van der Waals surface area contributed by atoms with E-state index in [1.54, 1.807) is 11.3 Å². The summed E-state index contributed by atoms with van der Waals surface area (Å²) in [6.45, 7) is 6.25. The van der Waals surface area contributed by atoms with Gasteiger partial charge in [-0.2, -0.15) is 4.98 Å². The number of hydrogen-bond donors (Lipinski definition) is 2. The zero-order valence-corrected chi connectivity index (χ0v) is 12.5. The summed E-state index contributed by atoms with van der Waals surface area (Å²) in [4.78, 5) is 10.7. The number of nitrogen functional groups attached to an aromatic ring is 1. The van der Waals surface area contributed by atoms with Gasteiger partial charge in [-0.1, -0.05) is 6.07 Å². The molecule has 0 aliphatic rings. The van der Waals surface area contributed by atoms with Crippen LogP contribution in [0.1, 0.15) is 16.0 Å². The predicted octanol–water partition coefficient (Wildman–Crippen LogP) is 3.94. The van der Waals surface area contributed by atoms with Gasteiger partial charge in [0.05, 0.1) is 5.39 Å². The summed E-state index contributed by atoms with van der Waals surface area (Å²) >= 11 is 1.63. The van der Waals surface area contributed by atoms with Crippen molar-refractivity contribution in [1.29, 1.82) is 0 Å². The first-order valence-electron chi connectivity index (χ1n) is 6.41. The van der Waals surface area contributed by atoms with Crippen molar-refractivity contribution in [3.63, 3.8) is 0 Å². The summed E-state index contributed by atoms with van der Waals surface area (Å²) < 4.78 is 0. The standard InChI is InChI=1S/C15H16N4S/c1-8-4-5-11(6-9(8)2)17-13-12-7-10(3)20-14(12)19-15(16)18-13/h4-7H,1-3H3,(H3,16,17,18,19). The van der Waals surface area contributed by atoms with Crippen LogP contribution in [0.15, 0.2) is 24.3 Å². The molecule has 3 aromatic rings. The van der Waals surface area contributed by atoms with Crippen molar-refractivity contribution in [2.75, 3.05) is 11.1 Å². The number of nitrogens with one attached hydrogen (secondary N) is 1. The first kappa shape index (κ1) is 12.9. The van der Waals surface area contributed by atoms with Crippen LogP contribution in [0.5, 0.6) is 0 Å². The Balaban J connectivity index is 2.07. The highest BCUT2D eigenvalue weighted by Gasteiger charge is 2.09. The molecule has 4 nitrogen and oxygen atoms in total. The molecule has 0 atom stereocenters. The third kappa shape index (κ3) is 2.32. The minimum absolute atomic E-state index is 0.297. The largest absolute Gasteiger partial charge is 0.368 e. The van der Waals surface area contributed by atoms with Crippen molar-refractivity contribution in [1.82, 2.24) is 9.97 Å². The molecule has 2 heterocycles. The Labute approximate surface area is 121 Å². The van der Waals surface area contributed by atoms with Crippen LogP contribution in [-0.4, -0.2) is 9.97 Å². The highest BCUT2D eigenvalue weighted by atomic mass is 32.1. The molecule has 5 heteroatoms. The highest BCUT2D eigenvalue weighted by Crippen LogP contribution is 2.31. The zero-order valence-electron chi connectivity index (χ0n) is 11.7. The molecule has 0 unspecified atom stereocenters. The van der Waals surface area contributed by atoms with Crippen LogP contribution in [0.2, 0.25) is 0 Å². The quantitative estimate of drug-likeness (QED) is 0.748. The maximum absolute atomic E-state index is 5.79. The predicted molar refractivity (Wildman–Crippen MR) is 85.8 cm³/mol. The van der Waals surface area contributed by atoms with E-state index < -0.39 is 0 Å². The molecule has 20 heavy (non-hydrogen) atoms. The molecule has 0 saturated heterocycles. The lowest BCUT2D eigenvalue weighted by Gasteiger charge is -2.09. The molecule has 0 spiro atoms. The van der Waals surface area contributed by atoms with Crippen LogP contribution in [0.4, 0.5) is 17.5 Å². The number of aryl methyl sites for hydroxylation is 3. The zero-order chi connectivity index (χ0) is 14.3. The van der Waals surface area contributed by atoms with Gasteiger partial charge in [0.1, 0.15) is 10.6 Å². The Hall–Kier alpha value is -2.14. The van der Waals surface area contributed by atoms with Crippen LogP contribution < -0.4 is 11.1 Å². The topological polar surface area (TPSA) is 63.8 Å². The van der Waals surface area contributed by atoms with Gasteiger partial charge < -0.3 is 11.1 Å². The molecule has 0 aliphatic carbocycles. The fraction of sp³-hybridized carbons (Fsp3) is 0.200. The molecule has 1 aromatic carbocycles. The van der Waals surface area contributed by atoms with Crippen molar-refractivity contribution in [3.05, 3.63) is 40.3 Å². The third-order valence-electron chi connectivity index (χ3n) is 3.30. The summed E-state index contributed by atoms with van der Waals surface area (Å²) in [5.41, 5.74) is 9.31. The second-order valence-electron chi connectivity index (χ2n) is 4.93. The van der Waals surface area contributed by atoms with Crippen LogP contribution >= 0.6 is 11.3 Å². The van der Waals surface area contributed by atoms with Crippen molar-refractivity contribution in [2.24, 2.45) is 0 Å². The summed E-state index contributed by atoms with van der Waals surface area (Å²) in [5.74, 6) is 1.06. The molecular formula is C15H16N4S. The Bertz CT molecular complexity index is 792. The second-order valence-corrected chi connectivity index (χ2v) is 6.17. The van der Waals surface area contributed by atoms with E-state index in [4.69, 9.17) is 5.73 Å². The second kappa shape index (κ2) is 4.76. The summed E-state index contributed by atoms with van der Waals surface area (Å²) in [6.07, 6.45) is 0. The highest BCUT2D eigenvalue weighted by molar-refractivity contribution is 7.18. The number of rotatable bonds is 2. The first-order chi connectivity index (χ1) is 9.52. The molecule has 0 amide bonds. The number of nitrogens with two attached hydrogens (primary N) is 1. The average Bonchev–Trinajstić information content (AvgIpc) is 2.74. The smallest absolute Gasteiger partial charge is 0.223 e. The molecule has 0 saturated carbocycles. The van der Waals surface area contributed by atoms with Gasteiger partial charge in [0, 0.05) is 10.6 Å². The van der Waals surface area contributed by atoms with Crippen LogP contribution in [0, 0.1) is 20.8 Å². The summed E-state index contributed by atoms with van der Waals surface area (Å²) in [6, 6.07) is 8.34. The van der Waals surface area contributed by atoms with Crippen LogP contribution in [-0.2, 0) is 0 Å². The van der Waals surface area contributed by atoms with Gasteiger partial charge in [0.15, 0.2) is 0 Å². The van der Waals surface area contributed by atoms with E-state index in [0.29, 0.717) is 5.95 Å². The van der Waals surface area contributed by atoms with Crippen molar-refractivity contribution in [3.8, 4) is 0 Å². The number of hydrogen-bond acceptors (Lipinski definition) is 5. The van der Waals surface area contributed by atoms with E-state index in [2.05, 4.69) is 54.3 Å². The van der Waals surface area contributed by atoms with E-state index in [9.17, 15) is 0 Å². The Kier molecular flexibility index (Phi) is 3.06. The summed E-state index contributed by atoms with van der Waals surface area (Å²) in [5, 5.41) is 4.36. The van der Waals surface area contributed by atoms with Gasteiger partial charge in [-0.3, -0.25) is 0 Å². The lowest BCUT2D eigenvalue weighted by atomic mass is 10.1. The van der Waals surface area contributed by atoms with E-state index in [-0.39, 0.29) is 0 Å². The minimum Gasteiger partial charge on any atom is -0.368 e. The van der Waals surface area contributed by atoms with Gasteiger partial charge in [-0.05, 0) is 50.1 Å². The molecular weight excluding hydrogens is 268 g/mol. The SMILES string of the molecule is Cc1cc2c(Nc3ccc(C)c(C)c3)nc(N)nc2s1. The fourth-order valence-electron chi connectivity index (χ4n) is 2.11. The van der Waals surface area contributed by atoms with E-state index in [1.165, 1.54) is 16.0 Å². The van der Waals surface area contributed by atoms with Gasteiger partial charge in [-0.15, -0.1) is 11.3 Å². The van der Waals surface area contributed by atoms with Gasteiger partial charge in [0.2, 0.25) is 5.95 Å². The Morgan fingerprint density at radius 3 is 2.60 bits per heavy atom.